The Bertz CT molecular complexity index is 357. The first-order valence-corrected chi connectivity index (χ1v) is 6.02. The lowest BCUT2D eigenvalue weighted by Crippen LogP contribution is -2.08. The van der Waals surface area contributed by atoms with Gasteiger partial charge in [0, 0.05) is 14.6 Å². The molecule has 1 aromatic carbocycles. The van der Waals surface area contributed by atoms with E-state index in [-0.39, 0.29) is 12.4 Å². The number of rotatable bonds is 3. The van der Waals surface area contributed by atoms with Gasteiger partial charge in [-0.1, -0.05) is 31.9 Å². The third kappa shape index (κ3) is 3.50. The molecular weight excluding hydrogens is 326 g/mol. The molecule has 0 aliphatic rings. The molecular formula is C10H11Br2NO2. The van der Waals surface area contributed by atoms with Gasteiger partial charge >= 0.3 is 5.97 Å². The van der Waals surface area contributed by atoms with E-state index in [9.17, 15) is 4.79 Å². The summed E-state index contributed by atoms with van der Waals surface area (Å²) in [6.07, 6.45) is 0.231. The van der Waals surface area contributed by atoms with E-state index in [2.05, 4.69) is 31.9 Å². The second-order valence-electron chi connectivity index (χ2n) is 2.94. The van der Waals surface area contributed by atoms with E-state index < -0.39 is 0 Å². The Morgan fingerprint density at radius 3 is 2.40 bits per heavy atom. The first kappa shape index (κ1) is 12.5. The molecule has 0 radical (unpaired) electrons. The molecule has 0 aliphatic carbocycles. The van der Waals surface area contributed by atoms with E-state index in [0.717, 1.165) is 14.5 Å². The van der Waals surface area contributed by atoms with Gasteiger partial charge < -0.3 is 10.5 Å². The number of benzene rings is 1. The van der Waals surface area contributed by atoms with Crippen LogP contribution in [0.15, 0.2) is 21.1 Å². The highest BCUT2D eigenvalue weighted by Gasteiger charge is 2.11. The van der Waals surface area contributed by atoms with Crippen LogP contribution >= 0.6 is 31.9 Å². The van der Waals surface area contributed by atoms with Gasteiger partial charge in [0.15, 0.2) is 0 Å². The smallest absolute Gasteiger partial charge is 0.310 e. The zero-order chi connectivity index (χ0) is 11.4. The van der Waals surface area contributed by atoms with Crippen LogP contribution in [0.25, 0.3) is 0 Å². The van der Waals surface area contributed by atoms with E-state index in [4.69, 9.17) is 10.5 Å². The molecule has 0 saturated heterocycles. The molecule has 15 heavy (non-hydrogen) atoms. The van der Waals surface area contributed by atoms with Gasteiger partial charge in [0.1, 0.15) is 0 Å². The molecule has 1 rings (SSSR count). The molecule has 1 aromatic rings. The molecule has 2 N–H and O–H groups in total. The maximum atomic E-state index is 11.3. The fraction of sp³-hybridized carbons (Fsp3) is 0.300. The Kier molecular flexibility index (Phi) is 4.60. The van der Waals surface area contributed by atoms with Gasteiger partial charge in [0.2, 0.25) is 0 Å². The van der Waals surface area contributed by atoms with Crippen molar-refractivity contribution >= 4 is 43.5 Å². The highest BCUT2D eigenvalue weighted by atomic mass is 79.9. The van der Waals surface area contributed by atoms with Gasteiger partial charge in [-0.15, -0.1) is 0 Å². The summed E-state index contributed by atoms with van der Waals surface area (Å²) in [5.41, 5.74) is 7.13. The van der Waals surface area contributed by atoms with Gasteiger partial charge in [-0.25, -0.2) is 0 Å². The average molecular weight is 337 g/mol. The van der Waals surface area contributed by atoms with Crippen LogP contribution in [0.4, 0.5) is 5.69 Å². The van der Waals surface area contributed by atoms with Crippen LogP contribution in [-0.2, 0) is 16.0 Å². The number of hydrogen-bond acceptors (Lipinski definition) is 3. The molecule has 0 aromatic heterocycles. The zero-order valence-corrected chi connectivity index (χ0v) is 11.4. The molecule has 0 heterocycles. The maximum absolute atomic E-state index is 11.3. The first-order valence-electron chi connectivity index (χ1n) is 4.43. The van der Waals surface area contributed by atoms with Gasteiger partial charge in [-0.3, -0.25) is 4.79 Å². The predicted octanol–water partition coefficient (Wildman–Crippen LogP) is 2.90. The molecule has 82 valence electrons. The lowest BCUT2D eigenvalue weighted by atomic mass is 10.1. The quantitative estimate of drug-likeness (QED) is 0.682. The zero-order valence-electron chi connectivity index (χ0n) is 8.22. The number of anilines is 1. The molecule has 0 amide bonds. The van der Waals surface area contributed by atoms with Crippen molar-refractivity contribution in [3.05, 3.63) is 26.6 Å². The average Bonchev–Trinajstić information content (AvgIpc) is 2.11. The van der Waals surface area contributed by atoms with Gasteiger partial charge in [-0.05, 0) is 24.6 Å². The van der Waals surface area contributed by atoms with Gasteiger partial charge in [0.25, 0.3) is 0 Å². The molecule has 0 bridgehead atoms. The van der Waals surface area contributed by atoms with Crippen molar-refractivity contribution in [1.82, 2.24) is 0 Å². The van der Waals surface area contributed by atoms with Crippen LogP contribution < -0.4 is 5.73 Å². The van der Waals surface area contributed by atoms with Crippen molar-refractivity contribution in [3.8, 4) is 0 Å². The highest BCUT2D eigenvalue weighted by molar-refractivity contribution is 9.11. The molecule has 0 unspecified atom stereocenters. The van der Waals surface area contributed by atoms with Gasteiger partial charge in [-0.2, -0.15) is 0 Å². The van der Waals surface area contributed by atoms with Crippen LogP contribution in [0, 0.1) is 0 Å². The summed E-state index contributed by atoms with van der Waals surface area (Å²) in [5, 5.41) is 0. The number of ether oxygens (including phenoxy) is 1. The Morgan fingerprint density at radius 1 is 1.40 bits per heavy atom. The molecule has 0 saturated carbocycles. The van der Waals surface area contributed by atoms with Crippen molar-refractivity contribution in [2.24, 2.45) is 0 Å². The topological polar surface area (TPSA) is 52.3 Å². The number of esters is 1. The molecule has 5 heteroatoms. The van der Waals surface area contributed by atoms with Crippen LogP contribution in [0.1, 0.15) is 12.5 Å². The SMILES string of the molecule is CCOC(=O)Cc1c(Br)cc(N)cc1Br. The Balaban J connectivity index is 2.90. The van der Waals surface area contributed by atoms with Crippen molar-refractivity contribution in [3.63, 3.8) is 0 Å². The molecule has 0 fully saturated rings. The summed E-state index contributed by atoms with van der Waals surface area (Å²) in [6, 6.07) is 3.53. The molecule has 0 spiro atoms. The van der Waals surface area contributed by atoms with Crippen molar-refractivity contribution in [1.29, 1.82) is 0 Å². The van der Waals surface area contributed by atoms with Crippen LogP contribution in [0.5, 0.6) is 0 Å². The number of carbonyl (C=O) groups is 1. The van der Waals surface area contributed by atoms with Crippen LogP contribution in [0.2, 0.25) is 0 Å². The number of hydrogen-bond donors (Lipinski definition) is 1. The molecule has 3 nitrogen and oxygen atoms in total. The standard InChI is InChI=1S/C10H11Br2NO2/c1-2-15-10(14)5-7-8(11)3-6(13)4-9(7)12/h3-4H,2,5,13H2,1H3. The lowest BCUT2D eigenvalue weighted by Gasteiger charge is -2.08. The van der Waals surface area contributed by atoms with E-state index in [1.54, 1.807) is 19.1 Å². The van der Waals surface area contributed by atoms with Crippen molar-refractivity contribution in [2.45, 2.75) is 13.3 Å². The van der Waals surface area contributed by atoms with Crippen molar-refractivity contribution < 1.29 is 9.53 Å². The Hall–Kier alpha value is -0.550. The number of nitrogen functional groups attached to an aromatic ring is 1. The summed E-state index contributed by atoms with van der Waals surface area (Å²) >= 11 is 6.72. The van der Waals surface area contributed by atoms with E-state index in [0.29, 0.717) is 12.3 Å². The second kappa shape index (κ2) is 5.51. The normalized spacial score (nSPS) is 10.1. The lowest BCUT2D eigenvalue weighted by molar-refractivity contribution is -0.142. The fourth-order valence-electron chi connectivity index (χ4n) is 1.15. The number of nitrogens with two attached hydrogens (primary N) is 1. The minimum absolute atomic E-state index is 0.231. The summed E-state index contributed by atoms with van der Waals surface area (Å²) < 4.78 is 6.49. The maximum Gasteiger partial charge on any atom is 0.310 e. The summed E-state index contributed by atoms with van der Waals surface area (Å²) in [6.45, 7) is 2.17. The third-order valence-corrected chi connectivity index (χ3v) is 3.20. The minimum atomic E-state index is -0.247. The van der Waals surface area contributed by atoms with Gasteiger partial charge in [0.05, 0.1) is 13.0 Å². The summed E-state index contributed by atoms with van der Waals surface area (Å²) in [4.78, 5) is 11.3. The molecule has 0 aliphatic heterocycles. The largest absolute Gasteiger partial charge is 0.466 e. The van der Waals surface area contributed by atoms with Crippen LogP contribution in [-0.4, -0.2) is 12.6 Å². The minimum Gasteiger partial charge on any atom is -0.466 e. The van der Waals surface area contributed by atoms with E-state index in [1.807, 2.05) is 0 Å². The number of carbonyl (C=O) groups excluding carboxylic acids is 1. The third-order valence-electron chi connectivity index (χ3n) is 1.79. The second-order valence-corrected chi connectivity index (χ2v) is 4.65. The monoisotopic (exact) mass is 335 g/mol. The fourth-order valence-corrected chi connectivity index (χ4v) is 2.65. The summed E-state index contributed by atoms with van der Waals surface area (Å²) in [7, 11) is 0. The Morgan fingerprint density at radius 2 is 1.93 bits per heavy atom. The Labute approximate surface area is 105 Å². The van der Waals surface area contributed by atoms with E-state index in [1.165, 1.54) is 0 Å². The van der Waals surface area contributed by atoms with E-state index >= 15 is 0 Å². The first-order chi connectivity index (χ1) is 7.04. The summed E-state index contributed by atoms with van der Waals surface area (Å²) in [5.74, 6) is -0.247. The number of halogens is 2. The highest BCUT2D eigenvalue weighted by Crippen LogP contribution is 2.29. The molecule has 0 atom stereocenters. The predicted molar refractivity (Wildman–Crippen MR) is 66.6 cm³/mol. The van der Waals surface area contributed by atoms with Crippen molar-refractivity contribution in [2.75, 3.05) is 12.3 Å². The van der Waals surface area contributed by atoms with Crippen LogP contribution in [0.3, 0.4) is 0 Å².